The number of carbonyl (C=O) groups excluding carboxylic acids is 2. The molecule has 0 aliphatic rings. The van der Waals surface area contributed by atoms with Crippen LogP contribution in [-0.2, 0) is 14.3 Å². The number of rotatable bonds is 46. The first-order valence-corrected chi connectivity index (χ1v) is 26.4. The molecule has 1 amide bonds. The summed E-state index contributed by atoms with van der Waals surface area (Å²) in [5, 5.41) is 23.8. The molecule has 3 N–H and O–H groups in total. The minimum absolute atomic E-state index is 0.0359. The van der Waals surface area contributed by atoms with Gasteiger partial charge in [0.15, 0.2) is 0 Å². The van der Waals surface area contributed by atoms with Crippen molar-refractivity contribution in [2.45, 2.75) is 257 Å². The zero-order valence-corrected chi connectivity index (χ0v) is 41.2. The minimum Gasteiger partial charge on any atom is -0.462 e. The number of ether oxygens (including phenoxy) is 1. The molecule has 0 saturated carbocycles. The fourth-order valence-corrected chi connectivity index (χ4v) is 7.61. The summed E-state index contributed by atoms with van der Waals surface area (Å²) in [6.45, 7) is 6.30. The number of unbranched alkanes of at least 4 members (excludes halogenated alkanes) is 24. The van der Waals surface area contributed by atoms with Crippen LogP contribution in [0.25, 0.3) is 0 Å². The molecule has 3 atom stereocenters. The molecule has 6 heteroatoms. The summed E-state index contributed by atoms with van der Waals surface area (Å²) in [6.07, 6.45) is 65.0. The Morgan fingerprint density at radius 2 is 0.921 bits per heavy atom. The van der Waals surface area contributed by atoms with Crippen molar-refractivity contribution in [1.82, 2.24) is 5.32 Å². The molecule has 362 valence electrons. The van der Waals surface area contributed by atoms with E-state index in [1.54, 1.807) is 0 Å². The average Bonchev–Trinajstić information content (AvgIpc) is 3.28. The van der Waals surface area contributed by atoms with Crippen LogP contribution in [0, 0.1) is 0 Å². The molecule has 0 aromatic carbocycles. The van der Waals surface area contributed by atoms with E-state index < -0.39 is 18.2 Å². The van der Waals surface area contributed by atoms with Crippen LogP contribution in [0.5, 0.6) is 0 Å². The lowest BCUT2D eigenvalue weighted by Crippen LogP contribution is -2.46. The average molecular weight is 878 g/mol. The van der Waals surface area contributed by atoms with Gasteiger partial charge in [0.05, 0.1) is 25.2 Å². The smallest absolute Gasteiger partial charge is 0.306 e. The van der Waals surface area contributed by atoms with E-state index in [4.69, 9.17) is 4.74 Å². The molecule has 0 spiro atoms. The lowest BCUT2D eigenvalue weighted by atomic mass is 10.0. The fourth-order valence-electron chi connectivity index (χ4n) is 7.61. The molecule has 0 saturated heterocycles. The van der Waals surface area contributed by atoms with E-state index in [0.29, 0.717) is 25.7 Å². The van der Waals surface area contributed by atoms with Gasteiger partial charge in [-0.2, -0.15) is 0 Å². The molecule has 63 heavy (non-hydrogen) atoms. The van der Waals surface area contributed by atoms with Crippen LogP contribution >= 0.6 is 0 Å². The SMILES string of the molecule is CC/C=C/C=C/C=C\C=C/C=C/CCCC(=O)OC(CCCCCCC/C=C\C/C=C\CCCCC)CC(=O)NC(CO)C(O)CCCCCCCCCCCCCCCCCC. The normalized spacial score (nSPS) is 13.9. The molecular formula is C57H99NO5. The molecule has 0 aliphatic carbocycles. The first-order chi connectivity index (χ1) is 31.0. The van der Waals surface area contributed by atoms with Gasteiger partial charge < -0.3 is 20.3 Å². The number of aliphatic hydroxyl groups is 2. The number of allylic oxidation sites excluding steroid dienone is 14. The highest BCUT2D eigenvalue weighted by Crippen LogP contribution is 2.17. The lowest BCUT2D eigenvalue weighted by Gasteiger charge is -2.24. The molecule has 0 fully saturated rings. The topological polar surface area (TPSA) is 95.9 Å². The van der Waals surface area contributed by atoms with E-state index in [-0.39, 0.29) is 24.9 Å². The Labute approximate surface area is 389 Å². The third-order valence-corrected chi connectivity index (χ3v) is 11.6. The molecular weight excluding hydrogens is 779 g/mol. The van der Waals surface area contributed by atoms with Crippen molar-refractivity contribution in [3.8, 4) is 0 Å². The maximum atomic E-state index is 13.2. The lowest BCUT2D eigenvalue weighted by molar-refractivity contribution is -0.151. The van der Waals surface area contributed by atoms with Crippen molar-refractivity contribution < 1.29 is 24.5 Å². The standard InChI is InChI=1S/C57H99NO5/c1-4-7-10-13-16-19-22-25-27-29-32-34-37-40-43-46-49-55(60)54(52-59)58-56(61)51-53(48-45-42-39-36-33-31-28-26-23-20-17-14-11-8-5-2)63-57(62)50-47-44-41-38-35-30-24-21-18-15-12-9-6-3/h9,12,15,17-18,20-21,24,26,28,30,35,38,41,53-55,59-60H,4-8,10-11,13-14,16,19,22-23,25,27,29,31-34,36-37,39-40,42-52H2,1-3H3,(H,58,61)/b12-9+,18-15+,20-17-,24-21-,28-26-,35-30-,41-38+. The second-order valence-electron chi connectivity index (χ2n) is 17.7. The largest absolute Gasteiger partial charge is 0.462 e. The molecule has 0 radical (unpaired) electrons. The van der Waals surface area contributed by atoms with Crippen LogP contribution in [0.1, 0.15) is 239 Å². The number of amides is 1. The van der Waals surface area contributed by atoms with Crippen LogP contribution < -0.4 is 5.32 Å². The van der Waals surface area contributed by atoms with E-state index in [9.17, 15) is 19.8 Å². The van der Waals surface area contributed by atoms with Gasteiger partial charge in [0, 0.05) is 6.42 Å². The maximum Gasteiger partial charge on any atom is 0.306 e. The van der Waals surface area contributed by atoms with Crippen LogP contribution in [0.15, 0.2) is 85.1 Å². The van der Waals surface area contributed by atoms with Gasteiger partial charge in [0.2, 0.25) is 5.91 Å². The Morgan fingerprint density at radius 1 is 0.492 bits per heavy atom. The van der Waals surface area contributed by atoms with Crippen molar-refractivity contribution in [2.75, 3.05) is 6.61 Å². The zero-order valence-electron chi connectivity index (χ0n) is 41.2. The fraction of sp³-hybridized carbons (Fsp3) is 0.719. The van der Waals surface area contributed by atoms with Crippen LogP contribution in [0.2, 0.25) is 0 Å². The number of hydrogen-bond donors (Lipinski definition) is 3. The van der Waals surface area contributed by atoms with Gasteiger partial charge in [-0.15, -0.1) is 0 Å². The Morgan fingerprint density at radius 3 is 1.44 bits per heavy atom. The third kappa shape index (κ3) is 45.4. The highest BCUT2D eigenvalue weighted by molar-refractivity contribution is 5.77. The Kier molecular flexibility index (Phi) is 47.7. The number of aliphatic hydroxyl groups excluding tert-OH is 2. The van der Waals surface area contributed by atoms with Gasteiger partial charge in [-0.05, 0) is 70.6 Å². The second kappa shape index (κ2) is 50.0. The molecule has 0 heterocycles. The van der Waals surface area contributed by atoms with Gasteiger partial charge >= 0.3 is 5.97 Å². The molecule has 0 aromatic rings. The predicted molar refractivity (Wildman–Crippen MR) is 273 cm³/mol. The van der Waals surface area contributed by atoms with Gasteiger partial charge in [-0.3, -0.25) is 9.59 Å². The van der Waals surface area contributed by atoms with Gasteiger partial charge in [0.25, 0.3) is 0 Å². The first kappa shape index (κ1) is 60.0. The summed E-state index contributed by atoms with van der Waals surface area (Å²) in [6, 6.07) is -0.725. The summed E-state index contributed by atoms with van der Waals surface area (Å²) in [7, 11) is 0. The monoisotopic (exact) mass is 878 g/mol. The van der Waals surface area contributed by atoms with Crippen molar-refractivity contribution in [3.05, 3.63) is 85.1 Å². The number of carbonyl (C=O) groups is 2. The van der Waals surface area contributed by atoms with E-state index in [1.165, 1.54) is 109 Å². The predicted octanol–water partition coefficient (Wildman–Crippen LogP) is 16.0. The second-order valence-corrected chi connectivity index (χ2v) is 17.7. The first-order valence-electron chi connectivity index (χ1n) is 26.4. The molecule has 6 nitrogen and oxygen atoms in total. The summed E-state index contributed by atoms with van der Waals surface area (Å²) in [4.78, 5) is 26.1. The van der Waals surface area contributed by atoms with Crippen LogP contribution in [-0.4, -0.2) is 46.9 Å². The number of hydrogen-bond acceptors (Lipinski definition) is 5. The molecule has 0 bridgehead atoms. The molecule has 0 aliphatic heterocycles. The van der Waals surface area contributed by atoms with Crippen molar-refractivity contribution in [2.24, 2.45) is 0 Å². The highest BCUT2D eigenvalue weighted by Gasteiger charge is 2.24. The Bertz CT molecular complexity index is 1210. The quantitative estimate of drug-likeness (QED) is 0.0245. The number of nitrogens with one attached hydrogen (secondary N) is 1. The van der Waals surface area contributed by atoms with E-state index >= 15 is 0 Å². The minimum atomic E-state index is -0.808. The van der Waals surface area contributed by atoms with E-state index in [0.717, 1.165) is 77.0 Å². The van der Waals surface area contributed by atoms with E-state index in [1.807, 2.05) is 54.7 Å². The van der Waals surface area contributed by atoms with Gasteiger partial charge in [0.1, 0.15) is 6.10 Å². The summed E-state index contributed by atoms with van der Waals surface area (Å²) >= 11 is 0. The van der Waals surface area contributed by atoms with Crippen molar-refractivity contribution >= 4 is 11.9 Å². The van der Waals surface area contributed by atoms with E-state index in [2.05, 4.69) is 56.5 Å². The third-order valence-electron chi connectivity index (χ3n) is 11.6. The number of esters is 1. The summed E-state index contributed by atoms with van der Waals surface area (Å²) < 4.78 is 5.89. The molecule has 0 rings (SSSR count). The Balaban J connectivity index is 4.67. The zero-order chi connectivity index (χ0) is 45.9. The highest BCUT2D eigenvalue weighted by atomic mass is 16.5. The Hall–Kier alpha value is -2.96. The molecule has 0 aromatic heterocycles. The van der Waals surface area contributed by atoms with Gasteiger partial charge in [-0.1, -0.05) is 241 Å². The summed E-state index contributed by atoms with van der Waals surface area (Å²) in [5.41, 5.74) is 0. The van der Waals surface area contributed by atoms with Gasteiger partial charge in [-0.25, -0.2) is 0 Å². The molecule has 3 unspecified atom stereocenters. The van der Waals surface area contributed by atoms with Crippen molar-refractivity contribution in [3.63, 3.8) is 0 Å². The van der Waals surface area contributed by atoms with Crippen LogP contribution in [0.3, 0.4) is 0 Å². The van der Waals surface area contributed by atoms with Crippen LogP contribution in [0.4, 0.5) is 0 Å². The summed E-state index contributed by atoms with van der Waals surface area (Å²) in [5.74, 6) is -0.578. The van der Waals surface area contributed by atoms with Crippen molar-refractivity contribution in [1.29, 1.82) is 0 Å². The maximum absolute atomic E-state index is 13.2.